The van der Waals surface area contributed by atoms with Crippen LogP contribution >= 0.6 is 0 Å². The summed E-state index contributed by atoms with van der Waals surface area (Å²) in [5.74, 6) is -1.08. The van der Waals surface area contributed by atoms with Crippen LogP contribution in [0.1, 0.15) is 64.7 Å². The molecule has 0 aromatic rings. The lowest BCUT2D eigenvalue weighted by Crippen LogP contribution is -2.52. The Bertz CT molecular complexity index is 576. The van der Waals surface area contributed by atoms with Crippen molar-refractivity contribution < 1.29 is 23.1 Å². The van der Waals surface area contributed by atoms with Crippen LogP contribution in [-0.2, 0) is 19.6 Å². The molecule has 0 bridgehead atoms. The SMILES string of the molecule is CCS(=O)(=O)N1CCC(N(CC(=O)O)C(=O)C2CCCCCCC2)CC1. The van der Waals surface area contributed by atoms with Crippen molar-refractivity contribution >= 4 is 21.9 Å². The van der Waals surface area contributed by atoms with Crippen molar-refractivity contribution in [3.63, 3.8) is 0 Å². The predicted molar refractivity (Wildman–Crippen MR) is 99.2 cm³/mol. The van der Waals surface area contributed by atoms with E-state index in [-0.39, 0.29) is 30.2 Å². The summed E-state index contributed by atoms with van der Waals surface area (Å²) in [7, 11) is -3.23. The Kier molecular flexibility index (Phi) is 7.88. The zero-order valence-electron chi connectivity index (χ0n) is 15.7. The topological polar surface area (TPSA) is 95.0 Å². The van der Waals surface area contributed by atoms with Crippen molar-refractivity contribution in [1.82, 2.24) is 9.21 Å². The summed E-state index contributed by atoms with van der Waals surface area (Å²) < 4.78 is 25.5. The first-order chi connectivity index (χ1) is 12.3. The van der Waals surface area contributed by atoms with Crippen LogP contribution < -0.4 is 0 Å². The minimum atomic E-state index is -3.23. The minimum absolute atomic E-state index is 0.0499. The third-order valence-electron chi connectivity index (χ3n) is 5.67. The van der Waals surface area contributed by atoms with Crippen LogP contribution in [0.3, 0.4) is 0 Å². The van der Waals surface area contributed by atoms with Gasteiger partial charge in [-0.3, -0.25) is 9.59 Å². The third-order valence-corrected chi connectivity index (χ3v) is 7.55. The highest BCUT2D eigenvalue weighted by Crippen LogP contribution is 2.27. The van der Waals surface area contributed by atoms with Crippen molar-refractivity contribution in [1.29, 1.82) is 0 Å². The Morgan fingerprint density at radius 1 is 1.00 bits per heavy atom. The molecule has 0 spiro atoms. The van der Waals surface area contributed by atoms with E-state index in [1.807, 2.05) is 0 Å². The van der Waals surface area contributed by atoms with Gasteiger partial charge in [0.15, 0.2) is 0 Å². The highest BCUT2D eigenvalue weighted by atomic mass is 32.2. The van der Waals surface area contributed by atoms with Crippen LogP contribution in [0.5, 0.6) is 0 Å². The Morgan fingerprint density at radius 3 is 2.04 bits per heavy atom. The number of amides is 1. The van der Waals surface area contributed by atoms with Gasteiger partial charge in [-0.15, -0.1) is 0 Å². The van der Waals surface area contributed by atoms with Gasteiger partial charge in [0.1, 0.15) is 6.54 Å². The largest absolute Gasteiger partial charge is 0.480 e. The molecule has 2 aliphatic rings. The van der Waals surface area contributed by atoms with E-state index in [1.54, 1.807) is 6.92 Å². The highest BCUT2D eigenvalue weighted by molar-refractivity contribution is 7.89. The fourth-order valence-electron chi connectivity index (χ4n) is 4.08. The minimum Gasteiger partial charge on any atom is -0.480 e. The molecule has 7 nitrogen and oxygen atoms in total. The first kappa shape index (κ1) is 21.2. The summed E-state index contributed by atoms with van der Waals surface area (Å²) in [5, 5.41) is 9.28. The van der Waals surface area contributed by atoms with Crippen molar-refractivity contribution in [3.05, 3.63) is 0 Å². The fraction of sp³-hybridized carbons (Fsp3) is 0.889. The van der Waals surface area contributed by atoms with Crippen molar-refractivity contribution in [2.75, 3.05) is 25.4 Å². The van der Waals surface area contributed by atoms with Crippen LogP contribution in [0.2, 0.25) is 0 Å². The summed E-state index contributed by atoms with van der Waals surface area (Å²) in [4.78, 5) is 25.9. The highest BCUT2D eigenvalue weighted by Gasteiger charge is 2.35. The molecule has 1 saturated carbocycles. The molecule has 0 aromatic heterocycles. The second kappa shape index (κ2) is 9.69. The van der Waals surface area contributed by atoms with Crippen molar-refractivity contribution in [2.45, 2.75) is 70.8 Å². The summed E-state index contributed by atoms with van der Waals surface area (Å²) in [5.41, 5.74) is 0. The maximum Gasteiger partial charge on any atom is 0.323 e. The molecule has 1 heterocycles. The zero-order chi connectivity index (χ0) is 19.2. The molecule has 0 radical (unpaired) electrons. The molecular weight excluding hydrogens is 356 g/mol. The monoisotopic (exact) mass is 388 g/mol. The van der Waals surface area contributed by atoms with Crippen LogP contribution in [0, 0.1) is 5.92 Å². The lowest BCUT2D eigenvalue weighted by Gasteiger charge is -2.39. The van der Waals surface area contributed by atoms with Gasteiger partial charge in [-0.2, -0.15) is 0 Å². The van der Waals surface area contributed by atoms with Gasteiger partial charge in [0.25, 0.3) is 0 Å². The molecule has 150 valence electrons. The predicted octanol–water partition coefficient (Wildman–Crippen LogP) is 2.07. The summed E-state index contributed by atoms with van der Waals surface area (Å²) in [6.45, 7) is 2.04. The number of carbonyl (C=O) groups is 2. The van der Waals surface area contributed by atoms with E-state index in [9.17, 15) is 23.1 Å². The molecule has 0 aromatic carbocycles. The number of carboxylic acid groups (broad SMARTS) is 1. The number of carboxylic acids is 1. The first-order valence-electron chi connectivity index (χ1n) is 9.85. The van der Waals surface area contributed by atoms with E-state index in [4.69, 9.17) is 0 Å². The van der Waals surface area contributed by atoms with E-state index in [0.29, 0.717) is 25.9 Å². The summed E-state index contributed by atoms with van der Waals surface area (Å²) >= 11 is 0. The van der Waals surface area contributed by atoms with Crippen LogP contribution in [-0.4, -0.2) is 66.0 Å². The van der Waals surface area contributed by atoms with Gasteiger partial charge in [-0.1, -0.05) is 32.1 Å². The molecule has 1 amide bonds. The summed E-state index contributed by atoms with van der Waals surface area (Å²) in [6.07, 6.45) is 8.19. The van der Waals surface area contributed by atoms with E-state index >= 15 is 0 Å². The normalized spacial score (nSPS) is 21.7. The molecule has 1 aliphatic heterocycles. The Labute approximate surface area is 156 Å². The smallest absolute Gasteiger partial charge is 0.323 e. The average Bonchev–Trinajstić information content (AvgIpc) is 2.59. The van der Waals surface area contributed by atoms with Gasteiger partial charge >= 0.3 is 5.97 Å². The molecule has 0 unspecified atom stereocenters. The molecule has 2 fully saturated rings. The van der Waals surface area contributed by atoms with E-state index in [1.165, 1.54) is 15.6 Å². The van der Waals surface area contributed by atoms with Gasteiger partial charge in [0.05, 0.1) is 5.75 Å². The second-order valence-electron chi connectivity index (χ2n) is 7.43. The number of hydrogen-bond donors (Lipinski definition) is 1. The van der Waals surface area contributed by atoms with E-state index in [2.05, 4.69) is 0 Å². The van der Waals surface area contributed by atoms with Crippen molar-refractivity contribution in [2.24, 2.45) is 5.92 Å². The van der Waals surface area contributed by atoms with E-state index < -0.39 is 16.0 Å². The Balaban J connectivity index is 2.04. The number of piperidine rings is 1. The lowest BCUT2D eigenvalue weighted by molar-refractivity contribution is -0.149. The van der Waals surface area contributed by atoms with Crippen LogP contribution in [0.4, 0.5) is 0 Å². The van der Waals surface area contributed by atoms with Gasteiger partial charge in [0, 0.05) is 25.0 Å². The lowest BCUT2D eigenvalue weighted by atomic mass is 9.89. The third kappa shape index (κ3) is 5.67. The standard InChI is InChI=1S/C18H32N2O5S/c1-2-26(24,25)19-12-10-16(11-13-19)20(14-17(21)22)18(23)15-8-6-4-3-5-7-9-15/h15-16H,2-14H2,1H3,(H,21,22). The number of aliphatic carboxylic acids is 1. The van der Waals surface area contributed by atoms with Gasteiger partial charge < -0.3 is 10.0 Å². The molecule has 1 aliphatic carbocycles. The van der Waals surface area contributed by atoms with E-state index in [0.717, 1.165) is 38.5 Å². The number of hydrogen-bond acceptors (Lipinski definition) is 4. The Hall–Kier alpha value is -1.15. The first-order valence-corrected chi connectivity index (χ1v) is 11.5. The number of carbonyl (C=O) groups excluding carboxylic acids is 1. The van der Waals surface area contributed by atoms with Crippen LogP contribution in [0.15, 0.2) is 0 Å². The average molecular weight is 389 g/mol. The summed E-state index contributed by atoms with van der Waals surface area (Å²) in [6, 6.07) is -0.188. The van der Waals surface area contributed by atoms with Gasteiger partial charge in [-0.25, -0.2) is 12.7 Å². The maximum absolute atomic E-state index is 13.1. The zero-order valence-corrected chi connectivity index (χ0v) is 16.5. The quantitative estimate of drug-likeness (QED) is 0.752. The number of nitrogens with zero attached hydrogens (tertiary/aromatic N) is 2. The molecule has 1 saturated heterocycles. The fourth-order valence-corrected chi connectivity index (χ4v) is 5.22. The second-order valence-corrected chi connectivity index (χ2v) is 9.69. The molecular formula is C18H32N2O5S. The molecule has 1 N–H and O–H groups in total. The number of rotatable bonds is 6. The maximum atomic E-state index is 13.1. The van der Waals surface area contributed by atoms with Crippen LogP contribution in [0.25, 0.3) is 0 Å². The molecule has 26 heavy (non-hydrogen) atoms. The molecule has 0 atom stereocenters. The van der Waals surface area contributed by atoms with Crippen molar-refractivity contribution in [3.8, 4) is 0 Å². The van der Waals surface area contributed by atoms with Gasteiger partial charge in [0.2, 0.25) is 15.9 Å². The molecule has 2 rings (SSSR count). The Morgan fingerprint density at radius 2 is 1.54 bits per heavy atom. The molecule has 8 heteroatoms. The number of sulfonamides is 1. The van der Waals surface area contributed by atoms with Gasteiger partial charge in [-0.05, 0) is 32.6 Å².